The number of hydrogen-bond acceptors (Lipinski definition) is 4. The van der Waals surface area contributed by atoms with E-state index in [9.17, 15) is 4.79 Å². The van der Waals surface area contributed by atoms with E-state index in [0.29, 0.717) is 11.5 Å². The van der Waals surface area contributed by atoms with Crippen molar-refractivity contribution in [3.63, 3.8) is 0 Å². The monoisotopic (exact) mass is 276 g/mol. The molecule has 2 aromatic heterocycles. The van der Waals surface area contributed by atoms with Crippen LogP contribution in [-0.2, 0) is 12.0 Å². The number of aromatic amines is 1. The quantitative estimate of drug-likeness (QED) is 0.897. The van der Waals surface area contributed by atoms with Gasteiger partial charge >= 0.3 is 0 Å². The Morgan fingerprint density at radius 2 is 2.15 bits per heavy atom. The molecule has 0 aliphatic heterocycles. The van der Waals surface area contributed by atoms with Crippen LogP contribution in [0.1, 0.15) is 54.0 Å². The van der Waals surface area contributed by atoms with Gasteiger partial charge in [-0.25, -0.2) is 0 Å². The van der Waals surface area contributed by atoms with Crippen LogP contribution in [0.25, 0.3) is 0 Å². The lowest BCUT2D eigenvalue weighted by molar-refractivity contribution is 0.0906. The summed E-state index contributed by atoms with van der Waals surface area (Å²) in [6.07, 6.45) is 0.813. The first-order valence-electron chi connectivity index (χ1n) is 6.65. The number of aromatic nitrogens is 3. The van der Waals surface area contributed by atoms with Gasteiger partial charge in [-0.15, -0.1) is 0 Å². The van der Waals surface area contributed by atoms with Crippen LogP contribution in [0.5, 0.6) is 0 Å². The molecule has 108 valence electrons. The number of aryl methyl sites for hydroxylation is 3. The minimum Gasteiger partial charge on any atom is -0.361 e. The second-order valence-corrected chi connectivity index (χ2v) is 5.41. The van der Waals surface area contributed by atoms with E-state index in [1.807, 2.05) is 34.6 Å². The molecule has 2 rings (SSSR count). The second kappa shape index (κ2) is 5.11. The lowest BCUT2D eigenvalue weighted by Gasteiger charge is -2.25. The van der Waals surface area contributed by atoms with E-state index in [1.165, 1.54) is 0 Å². The Morgan fingerprint density at radius 3 is 2.65 bits per heavy atom. The smallest absolute Gasteiger partial charge is 0.272 e. The summed E-state index contributed by atoms with van der Waals surface area (Å²) in [5.41, 5.74) is 2.43. The van der Waals surface area contributed by atoms with Gasteiger partial charge in [0.2, 0.25) is 0 Å². The van der Waals surface area contributed by atoms with E-state index >= 15 is 0 Å². The molecule has 0 radical (unpaired) electrons. The summed E-state index contributed by atoms with van der Waals surface area (Å²) in [5, 5.41) is 13.8. The molecule has 0 aromatic carbocycles. The highest BCUT2D eigenvalue weighted by molar-refractivity contribution is 5.92. The first kappa shape index (κ1) is 14.3. The van der Waals surface area contributed by atoms with Crippen molar-refractivity contribution in [1.29, 1.82) is 0 Å². The van der Waals surface area contributed by atoms with Gasteiger partial charge in [-0.3, -0.25) is 9.89 Å². The normalized spacial score (nSPS) is 11.7. The van der Waals surface area contributed by atoms with Crippen molar-refractivity contribution in [2.24, 2.45) is 0 Å². The predicted molar refractivity (Wildman–Crippen MR) is 74.4 cm³/mol. The van der Waals surface area contributed by atoms with Crippen molar-refractivity contribution in [2.45, 2.75) is 46.6 Å². The van der Waals surface area contributed by atoms with E-state index in [1.54, 1.807) is 6.07 Å². The van der Waals surface area contributed by atoms with E-state index in [0.717, 1.165) is 23.4 Å². The lowest BCUT2D eigenvalue weighted by atomic mass is 9.92. The fraction of sp³-hybridized carbons (Fsp3) is 0.500. The van der Waals surface area contributed by atoms with Gasteiger partial charge in [0.15, 0.2) is 0 Å². The van der Waals surface area contributed by atoms with Crippen LogP contribution < -0.4 is 5.32 Å². The number of carbonyl (C=O) groups excluding carboxylic acids is 1. The number of nitrogens with zero attached hydrogens (tertiary/aromatic N) is 2. The summed E-state index contributed by atoms with van der Waals surface area (Å²) in [4.78, 5) is 12.3. The molecule has 0 unspecified atom stereocenters. The third-order valence-corrected chi connectivity index (χ3v) is 3.33. The van der Waals surface area contributed by atoms with Gasteiger partial charge in [-0.05, 0) is 40.2 Å². The number of nitrogens with one attached hydrogen (secondary N) is 2. The molecule has 0 saturated carbocycles. The third-order valence-electron chi connectivity index (χ3n) is 3.33. The molecule has 2 aromatic rings. The van der Waals surface area contributed by atoms with Crippen molar-refractivity contribution < 1.29 is 9.32 Å². The number of hydrogen-bond donors (Lipinski definition) is 2. The summed E-state index contributed by atoms with van der Waals surface area (Å²) in [5.74, 6) is 0.495. The van der Waals surface area contributed by atoms with Gasteiger partial charge in [-0.2, -0.15) is 5.10 Å². The first-order valence-corrected chi connectivity index (χ1v) is 6.65. The highest BCUT2D eigenvalue weighted by Crippen LogP contribution is 2.27. The van der Waals surface area contributed by atoms with E-state index in [4.69, 9.17) is 4.52 Å². The molecular weight excluding hydrogens is 256 g/mol. The van der Waals surface area contributed by atoms with Crippen LogP contribution in [0.2, 0.25) is 0 Å². The van der Waals surface area contributed by atoms with Crippen LogP contribution in [0, 0.1) is 13.8 Å². The van der Waals surface area contributed by atoms with Crippen LogP contribution in [0.3, 0.4) is 0 Å². The molecule has 2 heterocycles. The Bertz CT molecular complexity index is 605. The van der Waals surface area contributed by atoms with Gasteiger partial charge in [0, 0.05) is 11.3 Å². The zero-order chi connectivity index (χ0) is 14.9. The summed E-state index contributed by atoms with van der Waals surface area (Å²) >= 11 is 0. The Hall–Kier alpha value is -2.11. The van der Waals surface area contributed by atoms with E-state index in [2.05, 4.69) is 20.7 Å². The van der Waals surface area contributed by atoms with Crippen molar-refractivity contribution in [3.8, 4) is 0 Å². The number of carbonyl (C=O) groups is 1. The molecule has 1 amide bonds. The van der Waals surface area contributed by atoms with Gasteiger partial charge in [-0.1, -0.05) is 12.1 Å². The lowest BCUT2D eigenvalue weighted by Crippen LogP contribution is -2.41. The largest absolute Gasteiger partial charge is 0.361 e. The van der Waals surface area contributed by atoms with Crippen molar-refractivity contribution in [3.05, 3.63) is 34.5 Å². The van der Waals surface area contributed by atoms with Gasteiger partial charge in [0.05, 0.1) is 11.2 Å². The van der Waals surface area contributed by atoms with Crippen molar-refractivity contribution in [1.82, 2.24) is 20.7 Å². The highest BCUT2D eigenvalue weighted by atomic mass is 16.5. The minimum atomic E-state index is -0.573. The van der Waals surface area contributed by atoms with Gasteiger partial charge < -0.3 is 9.84 Å². The summed E-state index contributed by atoms with van der Waals surface area (Å²) in [6, 6.07) is 1.76. The van der Waals surface area contributed by atoms with Crippen LogP contribution in [0.4, 0.5) is 0 Å². The molecule has 6 heteroatoms. The van der Waals surface area contributed by atoms with Crippen LogP contribution >= 0.6 is 0 Å². The fourth-order valence-corrected chi connectivity index (χ4v) is 2.44. The molecule has 0 aliphatic carbocycles. The molecule has 0 atom stereocenters. The first-order chi connectivity index (χ1) is 9.35. The van der Waals surface area contributed by atoms with Crippen LogP contribution in [-0.4, -0.2) is 21.3 Å². The third kappa shape index (κ3) is 2.59. The fourth-order valence-electron chi connectivity index (χ4n) is 2.44. The molecule has 0 spiro atoms. The minimum absolute atomic E-state index is 0.217. The molecule has 0 saturated heterocycles. The molecule has 0 bridgehead atoms. The Labute approximate surface area is 117 Å². The maximum Gasteiger partial charge on any atom is 0.272 e. The summed E-state index contributed by atoms with van der Waals surface area (Å²) < 4.78 is 5.17. The summed E-state index contributed by atoms with van der Waals surface area (Å²) in [7, 11) is 0. The molecule has 2 N–H and O–H groups in total. The zero-order valence-corrected chi connectivity index (χ0v) is 12.5. The van der Waals surface area contributed by atoms with Gasteiger partial charge in [0.25, 0.3) is 5.91 Å². The van der Waals surface area contributed by atoms with Crippen molar-refractivity contribution >= 4 is 5.91 Å². The molecule has 20 heavy (non-hydrogen) atoms. The Balaban J connectivity index is 2.22. The number of rotatable bonds is 4. The Morgan fingerprint density at radius 1 is 1.45 bits per heavy atom. The maximum atomic E-state index is 12.3. The van der Waals surface area contributed by atoms with Gasteiger partial charge in [0.1, 0.15) is 11.5 Å². The second-order valence-electron chi connectivity index (χ2n) is 5.41. The van der Waals surface area contributed by atoms with Crippen molar-refractivity contribution in [2.75, 3.05) is 0 Å². The average Bonchev–Trinajstić information content (AvgIpc) is 2.95. The van der Waals surface area contributed by atoms with E-state index < -0.39 is 5.54 Å². The molecule has 6 nitrogen and oxygen atoms in total. The molecule has 0 aliphatic rings. The molecular formula is C14H20N4O2. The van der Waals surface area contributed by atoms with Crippen LogP contribution in [0.15, 0.2) is 10.6 Å². The number of amides is 1. The Kier molecular flexibility index (Phi) is 3.65. The summed E-state index contributed by atoms with van der Waals surface area (Å²) in [6.45, 7) is 9.55. The predicted octanol–water partition coefficient (Wildman–Crippen LogP) is 2.24. The highest BCUT2D eigenvalue weighted by Gasteiger charge is 2.30. The molecule has 0 fully saturated rings. The average molecular weight is 276 g/mol. The SMILES string of the molecule is CCc1cc(C(=O)NC(C)(C)c2c(C)noc2C)n[nH]1. The van der Waals surface area contributed by atoms with E-state index in [-0.39, 0.29) is 5.91 Å². The maximum absolute atomic E-state index is 12.3. The number of H-pyrrole nitrogens is 1. The standard InChI is InChI=1S/C14H20N4O2/c1-6-10-7-11(17-16-10)13(19)15-14(4,5)12-8(2)18-20-9(12)3/h7H,6H2,1-5H3,(H,15,19)(H,16,17). The zero-order valence-electron chi connectivity index (χ0n) is 12.5. The topological polar surface area (TPSA) is 83.8 Å².